The smallest absolute Gasteiger partial charge is 0.155 e. The van der Waals surface area contributed by atoms with E-state index in [-0.39, 0.29) is 5.82 Å². The lowest BCUT2D eigenvalue weighted by molar-refractivity contribution is 0.187. The molecule has 96 valence electrons. The number of benzene rings is 1. The van der Waals surface area contributed by atoms with Crippen molar-refractivity contribution in [2.45, 2.75) is 13.0 Å². The van der Waals surface area contributed by atoms with Crippen LogP contribution < -0.4 is 0 Å². The number of rotatable bonds is 2. The van der Waals surface area contributed by atoms with Gasteiger partial charge in [0.15, 0.2) is 6.10 Å². The molecule has 0 aliphatic heterocycles. The maximum atomic E-state index is 13.1. The highest BCUT2D eigenvalue weighted by Gasteiger charge is 2.17. The summed E-state index contributed by atoms with van der Waals surface area (Å²) in [5.41, 5.74) is 1.68. The zero-order valence-corrected chi connectivity index (χ0v) is 10.2. The average Bonchev–Trinajstić information content (AvgIpc) is 2.81. The summed E-state index contributed by atoms with van der Waals surface area (Å²) in [4.78, 5) is 8.17. The minimum Gasteiger partial charge on any atom is -0.458 e. The Hall–Kier alpha value is -2.27. The molecular formula is C14H11FN2O2. The Labute approximate surface area is 108 Å². The van der Waals surface area contributed by atoms with Crippen LogP contribution in [0.4, 0.5) is 4.39 Å². The fraction of sp³-hybridized carbons (Fsp3) is 0.143. The maximum Gasteiger partial charge on any atom is 0.155 e. The predicted octanol–water partition coefficient (Wildman–Crippen LogP) is 2.75. The van der Waals surface area contributed by atoms with Gasteiger partial charge in [0.05, 0.1) is 17.6 Å². The van der Waals surface area contributed by atoms with Crippen molar-refractivity contribution in [3.8, 4) is 0 Å². The molecule has 3 aromatic rings. The first-order valence-electron chi connectivity index (χ1n) is 5.79. The summed E-state index contributed by atoms with van der Waals surface area (Å²) in [5.74, 6) is -0.0248. The number of nitrogens with zero attached hydrogens (tertiary/aromatic N) is 2. The van der Waals surface area contributed by atoms with E-state index >= 15 is 0 Å². The SMILES string of the molecule is Cc1cnc(C(O)c2cc3cc(F)ccc3o2)cn1. The van der Waals surface area contributed by atoms with Crippen molar-refractivity contribution in [2.24, 2.45) is 0 Å². The van der Waals surface area contributed by atoms with Gasteiger partial charge in [0, 0.05) is 11.6 Å². The van der Waals surface area contributed by atoms with Crippen LogP contribution in [-0.2, 0) is 0 Å². The predicted molar refractivity (Wildman–Crippen MR) is 67.0 cm³/mol. The van der Waals surface area contributed by atoms with Crippen LogP contribution in [0.2, 0.25) is 0 Å². The van der Waals surface area contributed by atoms with Crippen molar-refractivity contribution < 1.29 is 13.9 Å². The second-order valence-corrected chi connectivity index (χ2v) is 4.32. The monoisotopic (exact) mass is 258 g/mol. The summed E-state index contributed by atoms with van der Waals surface area (Å²) in [6, 6.07) is 5.80. The number of aliphatic hydroxyl groups is 1. The first-order chi connectivity index (χ1) is 9.13. The largest absolute Gasteiger partial charge is 0.458 e. The van der Waals surface area contributed by atoms with Crippen LogP contribution in [-0.4, -0.2) is 15.1 Å². The fourth-order valence-corrected chi connectivity index (χ4v) is 1.86. The first-order valence-corrected chi connectivity index (χ1v) is 5.79. The standard InChI is InChI=1S/C14H11FN2O2/c1-8-6-17-11(7-16-8)14(18)13-5-9-4-10(15)2-3-12(9)19-13/h2-7,14,18H,1H3. The quantitative estimate of drug-likeness (QED) is 0.767. The molecule has 3 rings (SSSR count). The summed E-state index contributed by atoms with van der Waals surface area (Å²) in [6.07, 6.45) is 2.05. The van der Waals surface area contributed by atoms with E-state index in [0.29, 0.717) is 22.4 Å². The number of aryl methyl sites for hydroxylation is 1. The molecule has 0 saturated heterocycles. The lowest BCUT2D eigenvalue weighted by Crippen LogP contribution is -2.02. The van der Waals surface area contributed by atoms with Crippen molar-refractivity contribution in [3.05, 3.63) is 59.6 Å². The Morgan fingerprint density at radius 2 is 2.05 bits per heavy atom. The Morgan fingerprint density at radius 3 is 2.79 bits per heavy atom. The van der Waals surface area contributed by atoms with E-state index in [1.807, 2.05) is 6.92 Å². The highest BCUT2D eigenvalue weighted by Crippen LogP contribution is 2.27. The van der Waals surface area contributed by atoms with E-state index in [1.165, 1.54) is 24.4 Å². The summed E-state index contributed by atoms with van der Waals surface area (Å²) >= 11 is 0. The Balaban J connectivity index is 2.01. The fourth-order valence-electron chi connectivity index (χ4n) is 1.86. The molecule has 19 heavy (non-hydrogen) atoms. The van der Waals surface area contributed by atoms with Gasteiger partial charge in [-0.1, -0.05) is 0 Å². The molecule has 2 heterocycles. The number of fused-ring (bicyclic) bond motifs is 1. The number of aliphatic hydroxyl groups excluding tert-OH is 1. The number of furan rings is 1. The number of aromatic nitrogens is 2. The molecule has 0 saturated carbocycles. The third-order valence-electron chi connectivity index (χ3n) is 2.85. The van der Waals surface area contributed by atoms with Crippen molar-refractivity contribution in [2.75, 3.05) is 0 Å². The van der Waals surface area contributed by atoms with Crippen LogP contribution >= 0.6 is 0 Å². The van der Waals surface area contributed by atoms with Gasteiger partial charge in [-0.2, -0.15) is 0 Å². The number of halogens is 1. The molecule has 2 aromatic heterocycles. The molecule has 4 nitrogen and oxygen atoms in total. The van der Waals surface area contributed by atoms with Crippen LogP contribution in [0.1, 0.15) is 23.3 Å². The van der Waals surface area contributed by atoms with E-state index in [0.717, 1.165) is 5.69 Å². The summed E-state index contributed by atoms with van der Waals surface area (Å²) in [5, 5.41) is 10.8. The van der Waals surface area contributed by atoms with E-state index in [4.69, 9.17) is 4.42 Å². The van der Waals surface area contributed by atoms with Crippen LogP contribution in [0.15, 0.2) is 41.1 Å². The normalized spacial score (nSPS) is 12.8. The van der Waals surface area contributed by atoms with E-state index < -0.39 is 6.10 Å². The molecule has 1 atom stereocenters. The summed E-state index contributed by atoms with van der Waals surface area (Å²) in [7, 11) is 0. The molecule has 0 bridgehead atoms. The first kappa shape index (κ1) is 11.8. The second-order valence-electron chi connectivity index (χ2n) is 4.32. The van der Waals surface area contributed by atoms with Gasteiger partial charge in [-0.3, -0.25) is 9.97 Å². The van der Waals surface area contributed by atoms with E-state index in [9.17, 15) is 9.50 Å². The third-order valence-corrected chi connectivity index (χ3v) is 2.85. The number of hydrogen-bond acceptors (Lipinski definition) is 4. The molecule has 0 spiro atoms. The molecule has 0 aliphatic carbocycles. The van der Waals surface area contributed by atoms with Gasteiger partial charge in [0.2, 0.25) is 0 Å². The molecular weight excluding hydrogens is 247 g/mol. The van der Waals surface area contributed by atoms with Crippen molar-refractivity contribution in [1.29, 1.82) is 0 Å². The molecule has 0 aliphatic rings. The summed E-state index contributed by atoms with van der Waals surface area (Å²) in [6.45, 7) is 1.81. The maximum absolute atomic E-state index is 13.1. The molecule has 1 aromatic carbocycles. The topological polar surface area (TPSA) is 59.2 Å². The summed E-state index contributed by atoms with van der Waals surface area (Å²) < 4.78 is 18.6. The van der Waals surface area contributed by atoms with Crippen LogP contribution in [0, 0.1) is 12.7 Å². The highest BCUT2D eigenvalue weighted by atomic mass is 19.1. The zero-order valence-electron chi connectivity index (χ0n) is 10.2. The van der Waals surface area contributed by atoms with Crippen LogP contribution in [0.3, 0.4) is 0 Å². The molecule has 0 fully saturated rings. The average molecular weight is 258 g/mol. The molecule has 0 radical (unpaired) electrons. The van der Waals surface area contributed by atoms with Crippen LogP contribution in [0.25, 0.3) is 11.0 Å². The second kappa shape index (κ2) is 4.44. The molecule has 5 heteroatoms. The van der Waals surface area contributed by atoms with Crippen molar-refractivity contribution >= 4 is 11.0 Å². The van der Waals surface area contributed by atoms with Gasteiger partial charge in [0.25, 0.3) is 0 Å². The minimum atomic E-state index is -1.01. The third kappa shape index (κ3) is 2.20. The Bertz CT molecular complexity index is 722. The van der Waals surface area contributed by atoms with Gasteiger partial charge in [-0.25, -0.2) is 4.39 Å². The van der Waals surface area contributed by atoms with Gasteiger partial charge in [-0.05, 0) is 31.2 Å². The lowest BCUT2D eigenvalue weighted by atomic mass is 10.2. The Kier molecular flexibility index (Phi) is 2.76. The number of hydrogen-bond donors (Lipinski definition) is 1. The van der Waals surface area contributed by atoms with Crippen LogP contribution in [0.5, 0.6) is 0 Å². The van der Waals surface area contributed by atoms with Gasteiger partial charge < -0.3 is 9.52 Å². The van der Waals surface area contributed by atoms with Gasteiger partial charge in [0.1, 0.15) is 17.2 Å². The molecule has 0 amide bonds. The lowest BCUT2D eigenvalue weighted by Gasteiger charge is -2.06. The molecule has 1 unspecified atom stereocenters. The highest BCUT2D eigenvalue weighted by molar-refractivity contribution is 5.78. The Morgan fingerprint density at radius 1 is 1.21 bits per heavy atom. The zero-order chi connectivity index (χ0) is 13.4. The van der Waals surface area contributed by atoms with Crippen molar-refractivity contribution in [1.82, 2.24) is 9.97 Å². The van der Waals surface area contributed by atoms with Gasteiger partial charge in [-0.15, -0.1) is 0 Å². The van der Waals surface area contributed by atoms with E-state index in [2.05, 4.69) is 9.97 Å². The van der Waals surface area contributed by atoms with Crippen molar-refractivity contribution in [3.63, 3.8) is 0 Å². The van der Waals surface area contributed by atoms with Gasteiger partial charge >= 0.3 is 0 Å². The minimum absolute atomic E-state index is 0.318. The molecule has 1 N–H and O–H groups in total. The van der Waals surface area contributed by atoms with E-state index in [1.54, 1.807) is 12.3 Å².